The van der Waals surface area contributed by atoms with Crippen LogP contribution in [0.1, 0.15) is 5.56 Å². The van der Waals surface area contributed by atoms with E-state index in [9.17, 15) is 4.79 Å². The average molecular weight is 438 g/mol. The van der Waals surface area contributed by atoms with Gasteiger partial charge in [-0.05, 0) is 35.9 Å². The molecule has 0 radical (unpaired) electrons. The molecule has 1 aliphatic rings. The molecule has 1 saturated heterocycles. The molecule has 2 amide bonds. The summed E-state index contributed by atoms with van der Waals surface area (Å²) in [6.45, 7) is 5.09. The van der Waals surface area contributed by atoms with Gasteiger partial charge in [-0.25, -0.2) is 4.79 Å². The maximum Gasteiger partial charge on any atom is 0.322 e. The number of benzene rings is 2. The number of halogens is 2. The number of nitrogens with one attached hydrogen (secondary N) is 1. The Bertz CT molecular complexity index is 811. The topological polar surface area (TPSA) is 54.0 Å². The van der Waals surface area contributed by atoms with Crippen LogP contribution in [0.15, 0.2) is 42.5 Å². The van der Waals surface area contributed by atoms with Crippen molar-refractivity contribution in [2.24, 2.45) is 0 Å². The molecular weight excluding hydrogens is 413 g/mol. The van der Waals surface area contributed by atoms with Crippen molar-refractivity contribution in [3.05, 3.63) is 58.1 Å². The Morgan fingerprint density at radius 3 is 2.52 bits per heavy atom. The number of methoxy groups -OCH3 is 1. The highest BCUT2D eigenvalue weighted by Crippen LogP contribution is 2.25. The van der Waals surface area contributed by atoms with E-state index in [2.05, 4.69) is 10.2 Å². The average Bonchev–Trinajstić information content (AvgIpc) is 2.75. The van der Waals surface area contributed by atoms with Crippen molar-refractivity contribution in [3.8, 4) is 5.75 Å². The summed E-state index contributed by atoms with van der Waals surface area (Å²) in [5.74, 6) is 0.786. The summed E-state index contributed by atoms with van der Waals surface area (Å²) in [4.78, 5) is 17.1. The number of hydrogen-bond acceptors (Lipinski definition) is 4. The zero-order valence-electron chi connectivity index (χ0n) is 16.4. The second-order valence-corrected chi connectivity index (χ2v) is 7.60. The van der Waals surface area contributed by atoms with E-state index >= 15 is 0 Å². The van der Waals surface area contributed by atoms with Crippen LogP contribution in [-0.2, 0) is 11.3 Å². The summed E-state index contributed by atoms with van der Waals surface area (Å²) in [5.41, 5.74) is 1.63. The molecule has 0 atom stereocenters. The first kappa shape index (κ1) is 21.7. The van der Waals surface area contributed by atoms with Gasteiger partial charge in [-0.1, -0.05) is 35.3 Å². The molecule has 1 aliphatic heterocycles. The van der Waals surface area contributed by atoms with E-state index < -0.39 is 0 Å². The lowest BCUT2D eigenvalue weighted by atomic mass is 10.2. The number of hydrogen-bond donors (Lipinski definition) is 1. The van der Waals surface area contributed by atoms with Crippen LogP contribution in [0.25, 0.3) is 0 Å². The van der Waals surface area contributed by atoms with Gasteiger partial charge in [0.05, 0.1) is 30.4 Å². The van der Waals surface area contributed by atoms with Crippen molar-refractivity contribution >= 4 is 34.9 Å². The standard InChI is InChI=1S/C21H25Cl2N3O3/c1-28-18-5-2-16(3-6-18)15-26(9-8-25-10-12-29-13-11-25)21(27)24-17-4-7-19(22)20(23)14-17/h2-7,14H,8-13,15H2,1H3,(H,24,27). The van der Waals surface area contributed by atoms with Gasteiger partial charge in [-0.2, -0.15) is 0 Å². The first-order valence-corrected chi connectivity index (χ1v) is 10.2. The van der Waals surface area contributed by atoms with Gasteiger partial charge < -0.3 is 19.7 Å². The molecular formula is C21H25Cl2N3O3. The van der Waals surface area contributed by atoms with Crippen molar-refractivity contribution in [1.29, 1.82) is 0 Å². The molecule has 0 unspecified atom stereocenters. The van der Waals surface area contributed by atoms with Gasteiger partial charge in [0.1, 0.15) is 5.75 Å². The molecule has 6 nitrogen and oxygen atoms in total. The fraction of sp³-hybridized carbons (Fsp3) is 0.381. The molecule has 0 aromatic heterocycles. The van der Waals surface area contributed by atoms with E-state index in [1.165, 1.54) is 0 Å². The zero-order valence-corrected chi connectivity index (χ0v) is 17.9. The van der Waals surface area contributed by atoms with Gasteiger partial charge in [-0.3, -0.25) is 4.90 Å². The van der Waals surface area contributed by atoms with Crippen molar-refractivity contribution < 1.29 is 14.3 Å². The van der Waals surface area contributed by atoms with Gasteiger partial charge in [0.2, 0.25) is 0 Å². The van der Waals surface area contributed by atoms with E-state index in [1.54, 1.807) is 30.2 Å². The van der Waals surface area contributed by atoms with Gasteiger partial charge >= 0.3 is 6.03 Å². The molecule has 1 N–H and O–H groups in total. The van der Waals surface area contributed by atoms with Crippen LogP contribution < -0.4 is 10.1 Å². The number of carbonyl (C=O) groups excluding carboxylic acids is 1. The first-order chi connectivity index (χ1) is 14.0. The van der Waals surface area contributed by atoms with Crippen LogP contribution in [0.5, 0.6) is 5.75 Å². The second-order valence-electron chi connectivity index (χ2n) is 6.78. The fourth-order valence-corrected chi connectivity index (χ4v) is 3.37. The number of amides is 2. The van der Waals surface area contributed by atoms with Crippen LogP contribution >= 0.6 is 23.2 Å². The zero-order chi connectivity index (χ0) is 20.6. The minimum absolute atomic E-state index is 0.188. The highest BCUT2D eigenvalue weighted by Gasteiger charge is 2.18. The molecule has 1 heterocycles. The molecule has 3 rings (SSSR count). The number of nitrogens with zero attached hydrogens (tertiary/aromatic N) is 2. The highest BCUT2D eigenvalue weighted by atomic mass is 35.5. The Morgan fingerprint density at radius 1 is 1.14 bits per heavy atom. The predicted molar refractivity (Wildman–Crippen MR) is 116 cm³/mol. The number of rotatable bonds is 7. The predicted octanol–water partition coefficient (Wildman–Crippen LogP) is 4.37. The summed E-state index contributed by atoms with van der Waals surface area (Å²) < 4.78 is 10.6. The van der Waals surface area contributed by atoms with E-state index in [1.807, 2.05) is 24.3 Å². The van der Waals surface area contributed by atoms with Crippen LogP contribution in [0, 0.1) is 0 Å². The molecule has 156 valence electrons. The molecule has 29 heavy (non-hydrogen) atoms. The number of urea groups is 1. The van der Waals surface area contributed by atoms with Crippen molar-refractivity contribution in [3.63, 3.8) is 0 Å². The third-order valence-electron chi connectivity index (χ3n) is 4.78. The fourth-order valence-electron chi connectivity index (χ4n) is 3.07. The lowest BCUT2D eigenvalue weighted by molar-refractivity contribution is 0.0349. The molecule has 0 saturated carbocycles. The minimum Gasteiger partial charge on any atom is -0.497 e. The Balaban J connectivity index is 1.68. The monoisotopic (exact) mass is 437 g/mol. The lowest BCUT2D eigenvalue weighted by Gasteiger charge is -2.30. The molecule has 0 aliphatic carbocycles. The van der Waals surface area contributed by atoms with Gasteiger partial charge in [0.25, 0.3) is 0 Å². The Kier molecular flexibility index (Phi) is 8.00. The van der Waals surface area contributed by atoms with Gasteiger partial charge in [0.15, 0.2) is 0 Å². The van der Waals surface area contributed by atoms with Crippen molar-refractivity contribution in [2.75, 3.05) is 51.8 Å². The SMILES string of the molecule is COc1ccc(CN(CCN2CCOCC2)C(=O)Nc2ccc(Cl)c(Cl)c2)cc1. The summed E-state index contributed by atoms with van der Waals surface area (Å²) in [7, 11) is 1.63. The minimum atomic E-state index is -0.188. The Hall–Kier alpha value is -1.99. The number of carbonyl (C=O) groups is 1. The number of ether oxygens (including phenoxy) is 2. The maximum atomic E-state index is 13.0. The van der Waals surface area contributed by atoms with Gasteiger partial charge in [-0.15, -0.1) is 0 Å². The lowest BCUT2D eigenvalue weighted by Crippen LogP contribution is -2.44. The van der Waals surface area contributed by atoms with Crippen LogP contribution in [0.2, 0.25) is 10.0 Å². The third-order valence-corrected chi connectivity index (χ3v) is 5.52. The number of anilines is 1. The molecule has 1 fully saturated rings. The van der Waals surface area contributed by atoms with Crippen LogP contribution in [0.3, 0.4) is 0 Å². The van der Waals surface area contributed by atoms with Crippen LogP contribution in [-0.4, -0.2) is 62.3 Å². The maximum absolute atomic E-state index is 13.0. The molecule has 2 aromatic rings. The second kappa shape index (κ2) is 10.7. The van der Waals surface area contributed by atoms with Crippen molar-refractivity contribution in [2.45, 2.75) is 6.54 Å². The normalized spacial score (nSPS) is 14.4. The van der Waals surface area contributed by atoms with E-state index in [0.29, 0.717) is 28.8 Å². The summed E-state index contributed by atoms with van der Waals surface area (Å²) in [6.07, 6.45) is 0. The van der Waals surface area contributed by atoms with E-state index in [0.717, 1.165) is 44.2 Å². The number of morpholine rings is 1. The third kappa shape index (κ3) is 6.51. The van der Waals surface area contributed by atoms with Gasteiger partial charge in [0, 0.05) is 38.4 Å². The quantitative estimate of drug-likeness (QED) is 0.698. The first-order valence-electron chi connectivity index (χ1n) is 9.49. The van der Waals surface area contributed by atoms with Crippen molar-refractivity contribution in [1.82, 2.24) is 9.80 Å². The Labute approximate surface area is 181 Å². The highest BCUT2D eigenvalue weighted by molar-refractivity contribution is 6.42. The molecule has 0 spiro atoms. The van der Waals surface area contributed by atoms with Crippen LogP contribution in [0.4, 0.5) is 10.5 Å². The van der Waals surface area contributed by atoms with E-state index in [4.69, 9.17) is 32.7 Å². The molecule has 8 heteroatoms. The molecule has 0 bridgehead atoms. The summed E-state index contributed by atoms with van der Waals surface area (Å²) in [6, 6.07) is 12.6. The molecule has 2 aromatic carbocycles. The Morgan fingerprint density at radius 2 is 1.86 bits per heavy atom. The summed E-state index contributed by atoms with van der Waals surface area (Å²) in [5, 5.41) is 3.77. The smallest absolute Gasteiger partial charge is 0.322 e. The summed E-state index contributed by atoms with van der Waals surface area (Å²) >= 11 is 12.0. The largest absolute Gasteiger partial charge is 0.497 e. The van der Waals surface area contributed by atoms with E-state index in [-0.39, 0.29) is 6.03 Å².